The highest BCUT2D eigenvalue weighted by Gasteiger charge is 2.19. The van der Waals surface area contributed by atoms with Crippen molar-refractivity contribution < 1.29 is 19.1 Å². The maximum absolute atomic E-state index is 12.3. The smallest absolute Gasteiger partial charge is 0.407 e. The van der Waals surface area contributed by atoms with Gasteiger partial charge in [0.05, 0.1) is 6.61 Å². The number of hydrogen-bond donors (Lipinski definition) is 1. The summed E-state index contributed by atoms with van der Waals surface area (Å²) in [6.45, 7) is 4.90. The minimum atomic E-state index is -0.575. The first-order valence-electron chi connectivity index (χ1n) is 8.62. The summed E-state index contributed by atoms with van der Waals surface area (Å²) in [7, 11) is 1.69. The van der Waals surface area contributed by atoms with Gasteiger partial charge in [0.2, 0.25) is 5.91 Å². The maximum Gasteiger partial charge on any atom is 0.407 e. The number of carbonyl (C=O) groups is 2. The molecule has 7 nitrogen and oxygen atoms in total. The molecule has 0 unspecified atom stereocenters. The molecule has 1 fully saturated rings. The molecule has 1 aliphatic rings. The first-order valence-corrected chi connectivity index (χ1v) is 8.62. The van der Waals surface area contributed by atoms with Crippen LogP contribution in [0.15, 0.2) is 30.3 Å². The molecule has 0 saturated carbocycles. The van der Waals surface area contributed by atoms with E-state index in [1.807, 2.05) is 30.3 Å². The summed E-state index contributed by atoms with van der Waals surface area (Å²) in [6.07, 6.45) is 0.349. The molecule has 1 aromatic rings. The third kappa shape index (κ3) is 7.11. The van der Waals surface area contributed by atoms with Crippen molar-refractivity contribution in [3.8, 4) is 0 Å². The fourth-order valence-corrected chi connectivity index (χ4v) is 2.70. The summed E-state index contributed by atoms with van der Waals surface area (Å²) in [5, 5.41) is 2.53. The molecule has 1 N–H and O–H groups in total. The standard InChI is InChI=1S/C18H27N3O4/c1-24-13-12-20-8-5-9-21(11-10-20)17(22)14-19-18(23)25-15-16-6-3-2-4-7-16/h2-4,6-7H,5,8-15H2,1H3,(H,19,23). The van der Waals surface area contributed by atoms with Crippen molar-refractivity contribution in [2.24, 2.45) is 0 Å². The molecule has 1 heterocycles. The van der Waals surface area contributed by atoms with Gasteiger partial charge in [-0.3, -0.25) is 9.69 Å². The van der Waals surface area contributed by atoms with Crippen LogP contribution in [0.2, 0.25) is 0 Å². The number of nitrogens with zero attached hydrogens (tertiary/aromatic N) is 2. The summed E-state index contributed by atoms with van der Waals surface area (Å²) in [6, 6.07) is 9.43. The maximum atomic E-state index is 12.3. The Bertz CT molecular complexity index is 538. The number of ether oxygens (including phenoxy) is 2. The first-order chi connectivity index (χ1) is 12.2. The van der Waals surface area contributed by atoms with Crippen molar-refractivity contribution >= 4 is 12.0 Å². The summed E-state index contributed by atoms with van der Waals surface area (Å²) in [4.78, 5) is 28.1. The zero-order chi connectivity index (χ0) is 17.9. The van der Waals surface area contributed by atoms with Crippen LogP contribution in [0.1, 0.15) is 12.0 Å². The van der Waals surface area contributed by atoms with Crippen LogP contribution in [0.25, 0.3) is 0 Å². The Kier molecular flexibility index (Phi) is 8.21. The monoisotopic (exact) mass is 349 g/mol. The normalized spacial score (nSPS) is 15.5. The lowest BCUT2D eigenvalue weighted by molar-refractivity contribution is -0.130. The zero-order valence-corrected chi connectivity index (χ0v) is 14.8. The molecule has 7 heteroatoms. The summed E-state index contributed by atoms with van der Waals surface area (Å²) >= 11 is 0. The Balaban J connectivity index is 1.66. The van der Waals surface area contributed by atoms with E-state index in [9.17, 15) is 9.59 Å². The van der Waals surface area contributed by atoms with Gasteiger partial charge in [-0.1, -0.05) is 30.3 Å². The van der Waals surface area contributed by atoms with Crippen LogP contribution in [0.4, 0.5) is 4.79 Å². The molecular formula is C18H27N3O4. The minimum Gasteiger partial charge on any atom is -0.445 e. The third-order valence-electron chi connectivity index (χ3n) is 4.15. The molecule has 1 aliphatic heterocycles. The second-order valence-electron chi connectivity index (χ2n) is 5.98. The Morgan fingerprint density at radius 1 is 1.12 bits per heavy atom. The van der Waals surface area contributed by atoms with Gasteiger partial charge in [-0.05, 0) is 18.5 Å². The van der Waals surface area contributed by atoms with Gasteiger partial charge < -0.3 is 19.7 Å². The Morgan fingerprint density at radius 2 is 1.92 bits per heavy atom. The highest BCUT2D eigenvalue weighted by molar-refractivity contribution is 5.82. The van der Waals surface area contributed by atoms with Crippen molar-refractivity contribution in [1.29, 1.82) is 0 Å². The van der Waals surface area contributed by atoms with Crippen molar-refractivity contribution in [1.82, 2.24) is 15.1 Å². The van der Waals surface area contributed by atoms with Gasteiger partial charge in [-0.15, -0.1) is 0 Å². The van der Waals surface area contributed by atoms with Crippen LogP contribution >= 0.6 is 0 Å². The van der Waals surface area contributed by atoms with Crippen LogP contribution in [0, 0.1) is 0 Å². The lowest BCUT2D eigenvalue weighted by Crippen LogP contribution is -2.42. The molecule has 0 bridgehead atoms. The molecule has 0 radical (unpaired) electrons. The lowest BCUT2D eigenvalue weighted by atomic mass is 10.2. The van der Waals surface area contributed by atoms with Gasteiger partial charge in [0.25, 0.3) is 0 Å². The average molecular weight is 349 g/mol. The second kappa shape index (κ2) is 10.7. The van der Waals surface area contributed by atoms with Gasteiger partial charge >= 0.3 is 6.09 Å². The van der Waals surface area contributed by atoms with E-state index >= 15 is 0 Å². The van der Waals surface area contributed by atoms with Crippen molar-refractivity contribution in [2.75, 3.05) is 53.0 Å². The molecule has 1 aromatic carbocycles. The van der Waals surface area contributed by atoms with Gasteiger partial charge in [-0.2, -0.15) is 0 Å². The summed E-state index contributed by atoms with van der Waals surface area (Å²) in [5.41, 5.74) is 0.910. The lowest BCUT2D eigenvalue weighted by Gasteiger charge is -2.22. The van der Waals surface area contributed by atoms with E-state index in [2.05, 4.69) is 10.2 Å². The van der Waals surface area contributed by atoms with Gasteiger partial charge in [0, 0.05) is 33.3 Å². The number of benzene rings is 1. The van der Waals surface area contributed by atoms with Crippen LogP contribution in [0.3, 0.4) is 0 Å². The van der Waals surface area contributed by atoms with Gasteiger partial charge in [-0.25, -0.2) is 4.79 Å². The van der Waals surface area contributed by atoms with E-state index in [0.717, 1.165) is 31.6 Å². The van der Waals surface area contributed by atoms with E-state index in [4.69, 9.17) is 9.47 Å². The first kappa shape index (κ1) is 19.2. The van der Waals surface area contributed by atoms with E-state index < -0.39 is 6.09 Å². The highest BCUT2D eigenvalue weighted by Crippen LogP contribution is 2.04. The molecule has 25 heavy (non-hydrogen) atoms. The molecule has 2 rings (SSSR count). The van der Waals surface area contributed by atoms with E-state index in [0.29, 0.717) is 19.7 Å². The predicted molar refractivity (Wildman–Crippen MR) is 94.1 cm³/mol. The van der Waals surface area contributed by atoms with Gasteiger partial charge in [0.1, 0.15) is 13.2 Å². The Morgan fingerprint density at radius 3 is 2.68 bits per heavy atom. The minimum absolute atomic E-state index is 0.0360. The average Bonchev–Trinajstić information content (AvgIpc) is 2.89. The number of alkyl carbamates (subject to hydrolysis) is 1. The molecule has 2 amide bonds. The quantitative estimate of drug-likeness (QED) is 0.798. The van der Waals surface area contributed by atoms with Crippen molar-refractivity contribution in [3.63, 3.8) is 0 Å². The van der Waals surface area contributed by atoms with Crippen LogP contribution in [-0.4, -0.2) is 74.8 Å². The number of hydrogen-bond acceptors (Lipinski definition) is 5. The largest absolute Gasteiger partial charge is 0.445 e. The number of nitrogens with one attached hydrogen (secondary N) is 1. The predicted octanol–water partition coefficient (Wildman–Crippen LogP) is 1.09. The highest BCUT2D eigenvalue weighted by atomic mass is 16.5. The van der Waals surface area contributed by atoms with Crippen LogP contribution < -0.4 is 5.32 Å². The fraction of sp³-hybridized carbons (Fsp3) is 0.556. The SMILES string of the molecule is COCCN1CCCN(C(=O)CNC(=O)OCc2ccccc2)CC1. The second-order valence-corrected chi connectivity index (χ2v) is 5.98. The Labute approximate surface area is 148 Å². The summed E-state index contributed by atoms with van der Waals surface area (Å²) < 4.78 is 10.2. The molecule has 0 spiro atoms. The number of rotatable bonds is 7. The van der Waals surface area contributed by atoms with Crippen LogP contribution in [-0.2, 0) is 20.9 Å². The Hall–Kier alpha value is -2.12. The van der Waals surface area contributed by atoms with Crippen molar-refractivity contribution in [2.45, 2.75) is 13.0 Å². The molecular weight excluding hydrogens is 322 g/mol. The molecule has 1 saturated heterocycles. The number of carbonyl (C=O) groups excluding carboxylic acids is 2. The van der Waals surface area contributed by atoms with Gasteiger partial charge in [0.15, 0.2) is 0 Å². The topological polar surface area (TPSA) is 71.1 Å². The fourth-order valence-electron chi connectivity index (χ4n) is 2.70. The van der Waals surface area contributed by atoms with E-state index in [1.165, 1.54) is 0 Å². The zero-order valence-electron chi connectivity index (χ0n) is 14.8. The number of amides is 2. The molecule has 0 atom stereocenters. The van der Waals surface area contributed by atoms with Crippen molar-refractivity contribution in [3.05, 3.63) is 35.9 Å². The van der Waals surface area contributed by atoms with E-state index in [-0.39, 0.29) is 19.1 Å². The number of methoxy groups -OCH3 is 1. The summed E-state index contributed by atoms with van der Waals surface area (Å²) in [5.74, 6) is -0.0785. The molecule has 0 aliphatic carbocycles. The molecule has 138 valence electrons. The van der Waals surface area contributed by atoms with Crippen LogP contribution in [0.5, 0.6) is 0 Å². The van der Waals surface area contributed by atoms with E-state index in [1.54, 1.807) is 12.0 Å². The molecule has 0 aromatic heterocycles. The third-order valence-corrected chi connectivity index (χ3v) is 4.15.